The Hall–Kier alpha value is -1.45. The molecule has 16 heavy (non-hydrogen) atoms. The number of rotatable bonds is 3. The molecule has 1 rings (SSSR count). The van der Waals surface area contributed by atoms with Crippen LogP contribution in [0.15, 0.2) is 24.3 Å². The predicted octanol–water partition coefficient (Wildman–Crippen LogP) is 3.23. The molecule has 1 aromatic carbocycles. The highest BCUT2D eigenvalue weighted by atomic mass is 19.1. The van der Waals surface area contributed by atoms with Gasteiger partial charge in [0, 0.05) is 4.92 Å². The van der Waals surface area contributed by atoms with Gasteiger partial charge in [0.05, 0.1) is 5.92 Å². The average Bonchev–Trinajstić information content (AvgIpc) is 2.14. The zero-order valence-corrected chi connectivity index (χ0v) is 9.74. The van der Waals surface area contributed by atoms with E-state index in [0.717, 1.165) is 5.56 Å². The van der Waals surface area contributed by atoms with Crippen LogP contribution < -0.4 is 0 Å². The highest BCUT2D eigenvalue weighted by Crippen LogP contribution is 2.35. The largest absolute Gasteiger partial charge is 0.265 e. The van der Waals surface area contributed by atoms with Gasteiger partial charge < -0.3 is 0 Å². The van der Waals surface area contributed by atoms with Gasteiger partial charge in [0.2, 0.25) is 6.54 Å². The van der Waals surface area contributed by atoms with Crippen molar-refractivity contribution in [2.45, 2.75) is 26.7 Å². The molecular weight excluding hydrogens is 209 g/mol. The van der Waals surface area contributed by atoms with Gasteiger partial charge in [-0.3, -0.25) is 10.1 Å². The Labute approximate surface area is 94.4 Å². The molecule has 0 aliphatic rings. The number of hydrogen-bond donors (Lipinski definition) is 0. The zero-order valence-electron chi connectivity index (χ0n) is 9.74. The third-order valence-corrected chi connectivity index (χ3v) is 2.65. The van der Waals surface area contributed by atoms with Crippen LogP contribution in [0.3, 0.4) is 0 Å². The van der Waals surface area contributed by atoms with Crippen molar-refractivity contribution in [1.29, 1.82) is 0 Å². The van der Waals surface area contributed by atoms with Crippen molar-refractivity contribution in [2.24, 2.45) is 5.41 Å². The van der Waals surface area contributed by atoms with E-state index in [0.29, 0.717) is 0 Å². The number of nitrogens with zero attached hydrogens (tertiary/aromatic N) is 1. The summed E-state index contributed by atoms with van der Waals surface area (Å²) < 4.78 is 12.8. The fraction of sp³-hybridized carbons (Fsp3) is 0.500. The van der Waals surface area contributed by atoms with Gasteiger partial charge in [0.15, 0.2) is 0 Å². The van der Waals surface area contributed by atoms with Crippen molar-refractivity contribution in [3.8, 4) is 0 Å². The van der Waals surface area contributed by atoms with Crippen molar-refractivity contribution in [2.75, 3.05) is 6.54 Å². The van der Waals surface area contributed by atoms with Crippen molar-refractivity contribution in [3.63, 3.8) is 0 Å². The fourth-order valence-corrected chi connectivity index (χ4v) is 1.72. The molecule has 0 radical (unpaired) electrons. The van der Waals surface area contributed by atoms with Crippen LogP contribution >= 0.6 is 0 Å². The maximum atomic E-state index is 12.8. The summed E-state index contributed by atoms with van der Waals surface area (Å²) in [4.78, 5) is 10.3. The maximum Gasteiger partial charge on any atom is 0.211 e. The molecule has 0 spiro atoms. The lowest BCUT2D eigenvalue weighted by molar-refractivity contribution is -0.486. The summed E-state index contributed by atoms with van der Waals surface area (Å²) in [7, 11) is 0. The minimum Gasteiger partial charge on any atom is -0.265 e. The molecular formula is C12H16FNO2. The van der Waals surface area contributed by atoms with Crippen molar-refractivity contribution in [1.82, 2.24) is 0 Å². The van der Waals surface area contributed by atoms with Crippen molar-refractivity contribution >= 4 is 0 Å². The SMILES string of the molecule is CC(C)(C)[C@@H](C[N+](=O)[O-])c1ccc(F)cc1. The summed E-state index contributed by atoms with van der Waals surface area (Å²) in [5.74, 6) is -0.527. The molecule has 1 atom stereocenters. The highest BCUT2D eigenvalue weighted by molar-refractivity contribution is 5.22. The second-order valence-corrected chi connectivity index (χ2v) is 4.99. The number of benzene rings is 1. The van der Waals surface area contributed by atoms with Crippen LogP contribution in [0.2, 0.25) is 0 Å². The van der Waals surface area contributed by atoms with Gasteiger partial charge in [-0.05, 0) is 23.1 Å². The first kappa shape index (κ1) is 12.6. The Morgan fingerprint density at radius 2 is 1.81 bits per heavy atom. The lowest BCUT2D eigenvalue weighted by atomic mass is 9.76. The molecule has 1 aromatic rings. The lowest BCUT2D eigenvalue weighted by Gasteiger charge is -2.27. The van der Waals surface area contributed by atoms with Crippen LogP contribution in [0.4, 0.5) is 4.39 Å². The van der Waals surface area contributed by atoms with Gasteiger partial charge in [0.25, 0.3) is 0 Å². The van der Waals surface area contributed by atoms with E-state index in [1.807, 2.05) is 20.8 Å². The molecule has 0 aliphatic carbocycles. The van der Waals surface area contributed by atoms with E-state index in [-0.39, 0.29) is 28.6 Å². The summed E-state index contributed by atoms with van der Waals surface area (Å²) >= 11 is 0. The van der Waals surface area contributed by atoms with Gasteiger partial charge in [-0.15, -0.1) is 0 Å². The third-order valence-electron chi connectivity index (χ3n) is 2.65. The molecule has 0 saturated heterocycles. The fourth-order valence-electron chi connectivity index (χ4n) is 1.72. The van der Waals surface area contributed by atoms with Crippen molar-refractivity contribution in [3.05, 3.63) is 45.8 Å². The smallest absolute Gasteiger partial charge is 0.211 e. The molecule has 4 heteroatoms. The Bertz CT molecular complexity index is 368. The maximum absolute atomic E-state index is 12.8. The van der Waals surface area contributed by atoms with Crippen LogP contribution in [0.5, 0.6) is 0 Å². The molecule has 0 unspecified atom stereocenters. The van der Waals surface area contributed by atoms with Crippen LogP contribution in [-0.2, 0) is 0 Å². The third kappa shape index (κ3) is 3.29. The molecule has 0 fully saturated rings. The molecule has 3 nitrogen and oxygen atoms in total. The van der Waals surface area contributed by atoms with E-state index >= 15 is 0 Å². The van der Waals surface area contributed by atoms with Crippen LogP contribution in [0.1, 0.15) is 32.3 Å². The lowest BCUT2D eigenvalue weighted by Crippen LogP contribution is -2.25. The number of hydrogen-bond acceptors (Lipinski definition) is 2. The van der Waals surface area contributed by atoms with Gasteiger partial charge >= 0.3 is 0 Å². The Balaban J connectivity index is 3.01. The molecule has 0 aliphatic heterocycles. The summed E-state index contributed by atoms with van der Waals surface area (Å²) in [6.07, 6.45) is 0. The zero-order chi connectivity index (χ0) is 12.3. The molecule has 0 amide bonds. The van der Waals surface area contributed by atoms with Gasteiger partial charge in [-0.25, -0.2) is 4.39 Å². The predicted molar refractivity (Wildman–Crippen MR) is 60.5 cm³/mol. The van der Waals surface area contributed by atoms with E-state index in [4.69, 9.17) is 0 Å². The first-order valence-electron chi connectivity index (χ1n) is 5.18. The molecule has 88 valence electrons. The van der Waals surface area contributed by atoms with Crippen LogP contribution in [0.25, 0.3) is 0 Å². The van der Waals surface area contributed by atoms with Gasteiger partial charge in [-0.2, -0.15) is 0 Å². The van der Waals surface area contributed by atoms with E-state index in [1.165, 1.54) is 12.1 Å². The summed E-state index contributed by atoms with van der Waals surface area (Å²) in [5, 5.41) is 10.6. The average molecular weight is 225 g/mol. The highest BCUT2D eigenvalue weighted by Gasteiger charge is 2.30. The molecule has 0 heterocycles. The standard InChI is InChI=1S/C12H16FNO2/c1-12(2,3)11(8-14(15)16)9-4-6-10(13)7-5-9/h4-7,11H,8H2,1-3H3/t11-/m0/s1. The Morgan fingerprint density at radius 1 is 1.31 bits per heavy atom. The molecule has 0 aromatic heterocycles. The van der Waals surface area contributed by atoms with Gasteiger partial charge in [0.1, 0.15) is 5.82 Å². The second kappa shape index (κ2) is 4.60. The van der Waals surface area contributed by atoms with E-state index < -0.39 is 0 Å². The van der Waals surface area contributed by atoms with E-state index in [2.05, 4.69) is 0 Å². The molecule has 0 N–H and O–H groups in total. The van der Waals surface area contributed by atoms with E-state index in [1.54, 1.807) is 12.1 Å². The monoisotopic (exact) mass is 225 g/mol. The summed E-state index contributed by atoms with van der Waals surface area (Å²) in [6, 6.07) is 5.92. The topological polar surface area (TPSA) is 43.1 Å². The first-order chi connectivity index (χ1) is 7.30. The Kier molecular flexibility index (Phi) is 3.62. The van der Waals surface area contributed by atoms with Gasteiger partial charge in [-0.1, -0.05) is 32.9 Å². The quantitative estimate of drug-likeness (QED) is 0.585. The molecule has 0 saturated carbocycles. The Morgan fingerprint density at radius 3 is 2.19 bits per heavy atom. The van der Waals surface area contributed by atoms with Crippen molar-refractivity contribution < 1.29 is 9.31 Å². The minimum absolute atomic E-state index is 0.130. The van der Waals surface area contributed by atoms with E-state index in [9.17, 15) is 14.5 Å². The van der Waals surface area contributed by atoms with Crippen LogP contribution in [-0.4, -0.2) is 11.5 Å². The number of halogens is 1. The minimum atomic E-state index is -0.322. The summed E-state index contributed by atoms with van der Waals surface area (Å²) in [6.45, 7) is 5.72. The van der Waals surface area contributed by atoms with Crippen LogP contribution in [0, 0.1) is 21.3 Å². The first-order valence-corrected chi connectivity index (χ1v) is 5.18. The summed E-state index contributed by atoms with van der Waals surface area (Å²) in [5.41, 5.74) is 0.593. The normalized spacial score (nSPS) is 13.5. The second-order valence-electron chi connectivity index (χ2n) is 4.99. The molecule has 0 bridgehead atoms. The number of nitro groups is 1.